The van der Waals surface area contributed by atoms with Crippen molar-refractivity contribution in [3.8, 4) is 0 Å². The second-order valence-electron chi connectivity index (χ2n) is 4.34. The van der Waals surface area contributed by atoms with E-state index < -0.39 is 0 Å². The van der Waals surface area contributed by atoms with Crippen LogP contribution in [0.25, 0.3) is 0 Å². The quantitative estimate of drug-likeness (QED) is 0.870. The lowest BCUT2D eigenvalue weighted by atomic mass is 10.2. The third-order valence-electron chi connectivity index (χ3n) is 2.87. The SMILES string of the molecule is Cc1noc(C)c1CN(C)C(=O)c1cc(Cl)nnc1Cl. The maximum Gasteiger partial charge on any atom is 0.257 e. The van der Waals surface area contributed by atoms with Gasteiger partial charge in [-0.05, 0) is 19.9 Å². The van der Waals surface area contributed by atoms with Gasteiger partial charge in [-0.15, -0.1) is 10.2 Å². The van der Waals surface area contributed by atoms with Crippen molar-refractivity contribution in [1.82, 2.24) is 20.3 Å². The molecule has 0 spiro atoms. The van der Waals surface area contributed by atoms with E-state index in [2.05, 4.69) is 15.4 Å². The molecule has 20 heavy (non-hydrogen) atoms. The summed E-state index contributed by atoms with van der Waals surface area (Å²) in [6, 6.07) is 1.39. The Kier molecular flexibility index (Phi) is 4.25. The Morgan fingerprint density at radius 2 is 2.05 bits per heavy atom. The number of hydrogen-bond acceptors (Lipinski definition) is 5. The third kappa shape index (κ3) is 2.91. The molecule has 0 aliphatic carbocycles. The van der Waals surface area contributed by atoms with Gasteiger partial charge in [0, 0.05) is 12.6 Å². The third-order valence-corrected chi connectivity index (χ3v) is 3.34. The van der Waals surface area contributed by atoms with Gasteiger partial charge in [0.2, 0.25) is 0 Å². The van der Waals surface area contributed by atoms with E-state index in [4.69, 9.17) is 27.7 Å². The van der Waals surface area contributed by atoms with Crippen LogP contribution in [0.3, 0.4) is 0 Å². The van der Waals surface area contributed by atoms with Crippen molar-refractivity contribution < 1.29 is 9.32 Å². The maximum atomic E-state index is 12.3. The van der Waals surface area contributed by atoms with Crippen LogP contribution in [0, 0.1) is 13.8 Å². The highest BCUT2D eigenvalue weighted by Crippen LogP contribution is 2.20. The van der Waals surface area contributed by atoms with Gasteiger partial charge in [0.15, 0.2) is 10.3 Å². The van der Waals surface area contributed by atoms with Crippen molar-refractivity contribution in [2.45, 2.75) is 20.4 Å². The summed E-state index contributed by atoms with van der Waals surface area (Å²) in [4.78, 5) is 13.8. The Morgan fingerprint density at radius 3 is 2.65 bits per heavy atom. The fourth-order valence-corrected chi connectivity index (χ4v) is 2.07. The topological polar surface area (TPSA) is 72.1 Å². The number of rotatable bonds is 3. The molecule has 0 N–H and O–H groups in total. The van der Waals surface area contributed by atoms with Gasteiger partial charge in [-0.3, -0.25) is 4.79 Å². The molecule has 0 aromatic carbocycles. The van der Waals surface area contributed by atoms with Crippen LogP contribution in [0.2, 0.25) is 10.3 Å². The number of hydrogen-bond donors (Lipinski definition) is 0. The van der Waals surface area contributed by atoms with E-state index >= 15 is 0 Å². The predicted molar refractivity (Wildman–Crippen MR) is 73.8 cm³/mol. The molecule has 0 atom stereocenters. The Balaban J connectivity index is 2.23. The number of amides is 1. The van der Waals surface area contributed by atoms with Crippen LogP contribution in [0.1, 0.15) is 27.4 Å². The molecule has 0 aliphatic rings. The highest BCUT2D eigenvalue weighted by molar-refractivity contribution is 6.34. The van der Waals surface area contributed by atoms with Gasteiger partial charge < -0.3 is 9.42 Å². The minimum absolute atomic E-state index is 0.0185. The number of carbonyl (C=O) groups is 1. The van der Waals surface area contributed by atoms with Crippen LogP contribution in [0.15, 0.2) is 10.6 Å². The molecule has 0 saturated carbocycles. The van der Waals surface area contributed by atoms with Crippen LogP contribution in [-0.4, -0.2) is 33.2 Å². The number of aromatic nitrogens is 3. The Hall–Kier alpha value is -1.66. The van der Waals surface area contributed by atoms with Gasteiger partial charge in [-0.25, -0.2) is 0 Å². The molecule has 1 amide bonds. The fraction of sp³-hybridized carbons (Fsp3) is 0.333. The summed E-state index contributed by atoms with van der Waals surface area (Å²) in [5.74, 6) is 0.380. The Bertz CT molecular complexity index is 637. The van der Waals surface area contributed by atoms with E-state index in [1.807, 2.05) is 6.92 Å². The summed E-state index contributed by atoms with van der Waals surface area (Å²) in [6.07, 6.45) is 0. The summed E-state index contributed by atoms with van der Waals surface area (Å²) in [6.45, 7) is 3.98. The number of carbonyl (C=O) groups excluding carboxylic acids is 1. The monoisotopic (exact) mass is 314 g/mol. The van der Waals surface area contributed by atoms with Crippen molar-refractivity contribution in [1.29, 1.82) is 0 Å². The molecule has 8 heteroatoms. The summed E-state index contributed by atoms with van der Waals surface area (Å²) in [5.41, 5.74) is 1.82. The van der Waals surface area contributed by atoms with Crippen molar-refractivity contribution in [3.63, 3.8) is 0 Å². The zero-order valence-electron chi connectivity index (χ0n) is 11.1. The molecular weight excluding hydrogens is 303 g/mol. The van der Waals surface area contributed by atoms with Gasteiger partial charge in [-0.1, -0.05) is 28.4 Å². The largest absolute Gasteiger partial charge is 0.361 e. The Labute approximate surface area is 125 Å². The fourth-order valence-electron chi connectivity index (χ4n) is 1.75. The summed E-state index contributed by atoms with van der Waals surface area (Å²) in [5, 5.41) is 11.2. The summed E-state index contributed by atoms with van der Waals surface area (Å²) >= 11 is 11.6. The first-order valence-electron chi connectivity index (χ1n) is 5.76. The van der Waals surface area contributed by atoms with Gasteiger partial charge in [-0.2, -0.15) is 0 Å². The Morgan fingerprint density at radius 1 is 1.35 bits per heavy atom. The first kappa shape index (κ1) is 14.7. The van der Waals surface area contributed by atoms with Gasteiger partial charge >= 0.3 is 0 Å². The molecule has 2 aromatic heterocycles. The maximum absolute atomic E-state index is 12.3. The second-order valence-corrected chi connectivity index (χ2v) is 5.08. The highest BCUT2D eigenvalue weighted by Gasteiger charge is 2.20. The molecule has 0 saturated heterocycles. The van der Waals surface area contributed by atoms with E-state index in [-0.39, 0.29) is 21.8 Å². The lowest BCUT2D eigenvalue weighted by Crippen LogP contribution is -2.27. The molecule has 2 heterocycles. The van der Waals surface area contributed by atoms with Crippen molar-refractivity contribution in [2.24, 2.45) is 0 Å². The lowest BCUT2D eigenvalue weighted by Gasteiger charge is -2.17. The van der Waals surface area contributed by atoms with E-state index in [9.17, 15) is 4.79 Å². The lowest BCUT2D eigenvalue weighted by molar-refractivity contribution is 0.0784. The van der Waals surface area contributed by atoms with Crippen LogP contribution in [0.4, 0.5) is 0 Å². The first-order chi connectivity index (χ1) is 9.40. The minimum atomic E-state index is -0.299. The zero-order valence-corrected chi connectivity index (χ0v) is 12.7. The molecule has 0 radical (unpaired) electrons. The summed E-state index contributed by atoms with van der Waals surface area (Å²) in [7, 11) is 1.65. The number of nitrogens with zero attached hydrogens (tertiary/aromatic N) is 4. The van der Waals surface area contributed by atoms with Crippen molar-refractivity contribution >= 4 is 29.1 Å². The molecular formula is C12H12Cl2N4O2. The molecule has 2 aromatic rings. The van der Waals surface area contributed by atoms with E-state index in [1.54, 1.807) is 14.0 Å². The number of aryl methyl sites for hydroxylation is 2. The minimum Gasteiger partial charge on any atom is -0.361 e. The van der Waals surface area contributed by atoms with Gasteiger partial charge in [0.1, 0.15) is 5.76 Å². The molecule has 2 rings (SSSR count). The van der Waals surface area contributed by atoms with Crippen LogP contribution in [-0.2, 0) is 6.54 Å². The van der Waals surface area contributed by atoms with E-state index in [0.717, 1.165) is 11.3 Å². The molecule has 0 bridgehead atoms. The average molecular weight is 315 g/mol. The molecule has 0 unspecified atom stereocenters. The van der Waals surface area contributed by atoms with Gasteiger partial charge in [0.25, 0.3) is 5.91 Å². The standard InChI is InChI=1S/C12H12Cl2N4O2/c1-6-9(7(2)20-17-6)5-18(3)12(19)8-4-10(13)15-16-11(8)14/h4H,5H2,1-3H3. The van der Waals surface area contributed by atoms with Crippen LogP contribution < -0.4 is 0 Å². The van der Waals surface area contributed by atoms with Crippen molar-refractivity contribution in [2.75, 3.05) is 7.05 Å². The van der Waals surface area contributed by atoms with E-state index in [1.165, 1.54) is 11.0 Å². The summed E-state index contributed by atoms with van der Waals surface area (Å²) < 4.78 is 5.07. The second kappa shape index (κ2) is 5.76. The molecule has 0 aliphatic heterocycles. The smallest absolute Gasteiger partial charge is 0.257 e. The zero-order chi connectivity index (χ0) is 14.9. The molecule has 0 fully saturated rings. The predicted octanol–water partition coefficient (Wildman–Crippen LogP) is 2.66. The first-order valence-corrected chi connectivity index (χ1v) is 6.51. The molecule has 6 nitrogen and oxygen atoms in total. The molecule has 106 valence electrons. The van der Waals surface area contributed by atoms with Crippen molar-refractivity contribution in [3.05, 3.63) is 39.0 Å². The normalized spacial score (nSPS) is 10.7. The highest BCUT2D eigenvalue weighted by atomic mass is 35.5. The average Bonchev–Trinajstić information content (AvgIpc) is 2.72. The van der Waals surface area contributed by atoms with E-state index in [0.29, 0.717) is 12.3 Å². The number of halogens is 2. The van der Waals surface area contributed by atoms with Crippen LogP contribution in [0.5, 0.6) is 0 Å². The van der Waals surface area contributed by atoms with Crippen LogP contribution >= 0.6 is 23.2 Å². The van der Waals surface area contributed by atoms with Gasteiger partial charge in [0.05, 0.1) is 17.8 Å².